The van der Waals surface area contributed by atoms with E-state index < -0.39 is 0 Å². The molecule has 19 heavy (non-hydrogen) atoms. The van der Waals surface area contributed by atoms with E-state index in [1.807, 2.05) is 18.2 Å². The van der Waals surface area contributed by atoms with E-state index in [1.165, 1.54) is 0 Å². The summed E-state index contributed by atoms with van der Waals surface area (Å²) in [5.74, 6) is 0.767. The second-order valence-electron chi connectivity index (χ2n) is 4.91. The molecule has 0 aliphatic carbocycles. The predicted molar refractivity (Wildman–Crippen MR) is 80.7 cm³/mol. The second-order valence-corrected chi connectivity index (χ2v) is 4.91. The molecule has 4 nitrogen and oxygen atoms in total. The van der Waals surface area contributed by atoms with Crippen LogP contribution in [0.2, 0.25) is 0 Å². The minimum atomic E-state index is -0.296. The largest absolute Gasteiger partial charge is 0.493 e. The number of nitrogens with one attached hydrogen (secondary N) is 1. The Morgan fingerprint density at radius 3 is 2.42 bits per heavy atom. The van der Waals surface area contributed by atoms with Gasteiger partial charge in [0.25, 0.3) is 0 Å². The molecule has 0 aliphatic heterocycles. The molecule has 0 radical (unpaired) electrons. The van der Waals surface area contributed by atoms with Gasteiger partial charge in [-0.3, -0.25) is 0 Å². The van der Waals surface area contributed by atoms with Gasteiger partial charge in [-0.15, -0.1) is 0 Å². The Kier molecular flexibility index (Phi) is 5.96. The average Bonchev–Trinajstić information content (AvgIpc) is 2.42. The maximum Gasteiger partial charge on any atom is 0.123 e. The van der Waals surface area contributed by atoms with Crippen LogP contribution >= 0.6 is 0 Å². The van der Waals surface area contributed by atoms with Gasteiger partial charge in [-0.25, -0.2) is 0 Å². The zero-order valence-corrected chi connectivity index (χ0v) is 12.2. The topological polar surface area (TPSA) is 67.5 Å². The summed E-state index contributed by atoms with van der Waals surface area (Å²) in [5, 5.41) is 13.0. The molecule has 0 saturated heterocycles. The average molecular weight is 266 g/mol. The van der Waals surface area contributed by atoms with E-state index in [0.29, 0.717) is 12.3 Å². The van der Waals surface area contributed by atoms with Gasteiger partial charge in [0, 0.05) is 23.5 Å². The minimum absolute atomic E-state index is 0.0972. The third-order valence-electron chi connectivity index (χ3n) is 3.47. The Labute approximate surface area is 116 Å². The van der Waals surface area contributed by atoms with Gasteiger partial charge in [0.15, 0.2) is 0 Å². The molecule has 0 amide bonds. The van der Waals surface area contributed by atoms with Crippen molar-refractivity contribution in [3.63, 3.8) is 0 Å². The first-order valence-corrected chi connectivity index (χ1v) is 7.01. The first-order chi connectivity index (χ1) is 9.09. The highest BCUT2D eigenvalue weighted by molar-refractivity contribution is 5.60. The number of aliphatic hydroxyl groups is 1. The second kappa shape index (κ2) is 7.24. The van der Waals surface area contributed by atoms with Crippen LogP contribution in [-0.4, -0.2) is 23.9 Å². The van der Waals surface area contributed by atoms with Crippen molar-refractivity contribution < 1.29 is 9.84 Å². The van der Waals surface area contributed by atoms with E-state index in [9.17, 15) is 5.11 Å². The molecule has 0 aromatic heterocycles. The number of anilines is 2. The van der Waals surface area contributed by atoms with Gasteiger partial charge in [0.1, 0.15) is 5.75 Å². The minimum Gasteiger partial charge on any atom is -0.493 e. The zero-order valence-electron chi connectivity index (χ0n) is 12.2. The first kappa shape index (κ1) is 15.6. The van der Waals surface area contributed by atoms with Gasteiger partial charge in [-0.1, -0.05) is 20.8 Å². The highest BCUT2D eigenvalue weighted by Crippen LogP contribution is 2.27. The van der Waals surface area contributed by atoms with Crippen LogP contribution in [0.1, 0.15) is 40.0 Å². The van der Waals surface area contributed by atoms with Gasteiger partial charge >= 0.3 is 0 Å². The predicted octanol–water partition coefficient (Wildman–Crippen LogP) is 3.02. The van der Waals surface area contributed by atoms with Crippen molar-refractivity contribution in [3.8, 4) is 5.75 Å². The molecule has 0 saturated carbocycles. The SMILES string of the molecule is CCCOc1cc(N)cc(NC(CC)(CC)CO)c1. The Bertz CT molecular complexity index is 381. The molecule has 1 rings (SSSR count). The van der Waals surface area contributed by atoms with Crippen LogP contribution in [0.3, 0.4) is 0 Å². The fourth-order valence-electron chi connectivity index (χ4n) is 1.99. The van der Waals surface area contributed by atoms with Crippen LogP contribution < -0.4 is 15.8 Å². The van der Waals surface area contributed by atoms with Crippen LogP contribution in [0.15, 0.2) is 18.2 Å². The zero-order chi connectivity index (χ0) is 14.3. The molecule has 0 bridgehead atoms. The third kappa shape index (κ3) is 4.31. The first-order valence-electron chi connectivity index (χ1n) is 7.01. The lowest BCUT2D eigenvalue weighted by Gasteiger charge is -2.32. The van der Waals surface area contributed by atoms with E-state index in [0.717, 1.165) is 30.7 Å². The fraction of sp³-hybridized carbons (Fsp3) is 0.600. The molecule has 0 atom stereocenters. The van der Waals surface area contributed by atoms with Crippen molar-refractivity contribution in [2.24, 2.45) is 0 Å². The number of aliphatic hydroxyl groups excluding tert-OH is 1. The number of nitrogens with two attached hydrogens (primary N) is 1. The molecule has 1 aromatic carbocycles. The molecule has 4 N–H and O–H groups in total. The van der Waals surface area contributed by atoms with Crippen LogP contribution in [-0.2, 0) is 0 Å². The smallest absolute Gasteiger partial charge is 0.123 e. The third-order valence-corrected chi connectivity index (χ3v) is 3.47. The van der Waals surface area contributed by atoms with Crippen molar-refractivity contribution in [2.45, 2.75) is 45.6 Å². The summed E-state index contributed by atoms with van der Waals surface area (Å²) in [7, 11) is 0. The van der Waals surface area contributed by atoms with Crippen molar-refractivity contribution >= 4 is 11.4 Å². The maximum atomic E-state index is 9.59. The highest BCUT2D eigenvalue weighted by atomic mass is 16.5. The number of ether oxygens (including phenoxy) is 1. The number of benzene rings is 1. The van der Waals surface area contributed by atoms with Crippen LogP contribution in [0.25, 0.3) is 0 Å². The van der Waals surface area contributed by atoms with Crippen LogP contribution in [0, 0.1) is 0 Å². The Morgan fingerprint density at radius 2 is 1.89 bits per heavy atom. The number of rotatable bonds is 8. The van der Waals surface area contributed by atoms with Crippen molar-refractivity contribution in [3.05, 3.63) is 18.2 Å². The standard InChI is InChI=1S/C15H26N2O2/c1-4-7-19-14-9-12(16)8-13(10-14)17-15(5-2,6-3)11-18/h8-10,17-18H,4-7,11,16H2,1-3H3. The van der Waals surface area contributed by atoms with Crippen LogP contribution in [0.4, 0.5) is 11.4 Å². The van der Waals surface area contributed by atoms with Crippen molar-refractivity contribution in [2.75, 3.05) is 24.3 Å². The van der Waals surface area contributed by atoms with E-state index >= 15 is 0 Å². The lowest BCUT2D eigenvalue weighted by atomic mass is 9.93. The monoisotopic (exact) mass is 266 g/mol. The quantitative estimate of drug-likeness (QED) is 0.633. The van der Waals surface area contributed by atoms with Gasteiger partial charge in [0.2, 0.25) is 0 Å². The fourth-order valence-corrected chi connectivity index (χ4v) is 1.99. The summed E-state index contributed by atoms with van der Waals surface area (Å²) in [6.45, 7) is 6.97. The van der Waals surface area contributed by atoms with E-state index in [1.54, 1.807) is 0 Å². The number of hydrogen-bond acceptors (Lipinski definition) is 4. The molecule has 0 heterocycles. The van der Waals surface area contributed by atoms with Crippen molar-refractivity contribution in [1.82, 2.24) is 0 Å². The molecular formula is C15H26N2O2. The molecule has 108 valence electrons. The normalized spacial score (nSPS) is 11.4. The molecule has 0 aliphatic rings. The summed E-state index contributed by atoms with van der Waals surface area (Å²) >= 11 is 0. The summed E-state index contributed by atoms with van der Waals surface area (Å²) in [6.07, 6.45) is 2.65. The summed E-state index contributed by atoms with van der Waals surface area (Å²) < 4.78 is 5.61. The Balaban J connectivity index is 2.90. The van der Waals surface area contributed by atoms with Gasteiger partial charge in [-0.2, -0.15) is 0 Å². The summed E-state index contributed by atoms with van der Waals surface area (Å²) in [5.41, 5.74) is 7.15. The number of hydrogen-bond donors (Lipinski definition) is 3. The van der Waals surface area contributed by atoms with E-state index in [2.05, 4.69) is 26.1 Å². The molecule has 1 aromatic rings. The molecular weight excluding hydrogens is 240 g/mol. The number of nitrogen functional groups attached to an aromatic ring is 1. The van der Waals surface area contributed by atoms with Gasteiger partial charge in [-0.05, 0) is 25.3 Å². The lowest BCUT2D eigenvalue weighted by molar-refractivity contribution is 0.202. The Hall–Kier alpha value is -1.42. The van der Waals surface area contributed by atoms with Crippen molar-refractivity contribution in [1.29, 1.82) is 0 Å². The molecule has 4 heteroatoms. The van der Waals surface area contributed by atoms with E-state index in [4.69, 9.17) is 10.5 Å². The van der Waals surface area contributed by atoms with Crippen LogP contribution in [0.5, 0.6) is 5.75 Å². The highest BCUT2D eigenvalue weighted by Gasteiger charge is 2.24. The lowest BCUT2D eigenvalue weighted by Crippen LogP contribution is -2.40. The summed E-state index contributed by atoms with van der Waals surface area (Å²) in [4.78, 5) is 0. The molecule has 0 spiro atoms. The summed E-state index contributed by atoms with van der Waals surface area (Å²) in [6, 6.07) is 5.62. The van der Waals surface area contributed by atoms with Gasteiger partial charge in [0.05, 0.1) is 18.8 Å². The van der Waals surface area contributed by atoms with E-state index in [-0.39, 0.29) is 12.1 Å². The molecule has 0 fully saturated rings. The Morgan fingerprint density at radius 1 is 1.21 bits per heavy atom. The molecule has 0 unspecified atom stereocenters. The van der Waals surface area contributed by atoms with Gasteiger partial charge < -0.3 is 20.9 Å². The maximum absolute atomic E-state index is 9.59.